The van der Waals surface area contributed by atoms with Gasteiger partial charge in [0.25, 0.3) is 5.91 Å². The van der Waals surface area contributed by atoms with Crippen LogP contribution in [0.15, 0.2) is 52.5 Å². The summed E-state index contributed by atoms with van der Waals surface area (Å²) in [5, 5.41) is 8.65. The smallest absolute Gasteiger partial charge is 0.291 e. The zero-order valence-electron chi connectivity index (χ0n) is 11.3. The minimum atomic E-state index is -0.265. The van der Waals surface area contributed by atoms with Gasteiger partial charge in [-0.3, -0.25) is 4.79 Å². The van der Waals surface area contributed by atoms with E-state index in [-0.39, 0.29) is 11.7 Å². The summed E-state index contributed by atoms with van der Waals surface area (Å²) in [4.78, 5) is 16.3. The number of rotatable bonds is 4. The predicted molar refractivity (Wildman–Crippen MR) is 83.8 cm³/mol. The van der Waals surface area contributed by atoms with E-state index < -0.39 is 0 Å². The SMILES string of the molecule is CNc1nc(-c2ccc(NC(=O)c3ccco3)cc2)cs1. The molecule has 1 amide bonds. The van der Waals surface area contributed by atoms with Gasteiger partial charge in [-0.2, -0.15) is 0 Å². The monoisotopic (exact) mass is 299 g/mol. The quantitative estimate of drug-likeness (QED) is 0.771. The van der Waals surface area contributed by atoms with E-state index in [2.05, 4.69) is 15.6 Å². The van der Waals surface area contributed by atoms with E-state index in [1.807, 2.05) is 36.7 Å². The molecule has 2 heterocycles. The Morgan fingerprint density at radius 1 is 1.24 bits per heavy atom. The highest BCUT2D eigenvalue weighted by atomic mass is 32.1. The first-order valence-corrected chi connectivity index (χ1v) is 7.23. The van der Waals surface area contributed by atoms with Crippen molar-refractivity contribution in [3.05, 3.63) is 53.8 Å². The number of hydrogen-bond donors (Lipinski definition) is 2. The summed E-state index contributed by atoms with van der Waals surface area (Å²) in [6.07, 6.45) is 1.47. The van der Waals surface area contributed by atoms with Crippen molar-refractivity contribution in [2.45, 2.75) is 0 Å². The lowest BCUT2D eigenvalue weighted by atomic mass is 10.1. The van der Waals surface area contributed by atoms with Gasteiger partial charge in [0.05, 0.1) is 12.0 Å². The van der Waals surface area contributed by atoms with Crippen LogP contribution in [0.3, 0.4) is 0 Å². The van der Waals surface area contributed by atoms with Crippen molar-refractivity contribution >= 4 is 28.1 Å². The molecule has 21 heavy (non-hydrogen) atoms. The van der Waals surface area contributed by atoms with Crippen LogP contribution >= 0.6 is 11.3 Å². The Bertz CT molecular complexity index is 733. The summed E-state index contributed by atoms with van der Waals surface area (Å²) >= 11 is 1.55. The number of carbonyl (C=O) groups excluding carboxylic acids is 1. The Morgan fingerprint density at radius 3 is 2.67 bits per heavy atom. The number of furan rings is 1. The zero-order valence-corrected chi connectivity index (χ0v) is 12.1. The Balaban J connectivity index is 1.73. The van der Waals surface area contributed by atoms with E-state index in [1.165, 1.54) is 6.26 Å². The molecule has 0 saturated heterocycles. The third-order valence-electron chi connectivity index (χ3n) is 2.90. The summed E-state index contributed by atoms with van der Waals surface area (Å²) in [7, 11) is 1.84. The maximum absolute atomic E-state index is 11.8. The molecule has 0 aliphatic heterocycles. The molecule has 2 N–H and O–H groups in total. The predicted octanol–water partition coefficient (Wildman–Crippen LogP) is 3.70. The molecule has 1 aromatic carbocycles. The van der Waals surface area contributed by atoms with Crippen molar-refractivity contribution in [1.82, 2.24) is 4.98 Å². The number of nitrogens with one attached hydrogen (secondary N) is 2. The van der Waals surface area contributed by atoms with Crippen LogP contribution in [0, 0.1) is 0 Å². The molecule has 106 valence electrons. The second-order valence-corrected chi connectivity index (χ2v) is 5.15. The van der Waals surface area contributed by atoms with Crippen LogP contribution < -0.4 is 10.6 Å². The highest BCUT2D eigenvalue weighted by Gasteiger charge is 2.09. The van der Waals surface area contributed by atoms with E-state index in [0.717, 1.165) is 16.4 Å². The molecular formula is C15H13N3O2S. The lowest BCUT2D eigenvalue weighted by molar-refractivity contribution is 0.0996. The molecule has 0 spiro atoms. The minimum Gasteiger partial charge on any atom is -0.459 e. The average molecular weight is 299 g/mol. The maximum Gasteiger partial charge on any atom is 0.291 e. The standard InChI is InChI=1S/C15H13N3O2S/c1-16-15-18-12(9-21-15)10-4-6-11(7-5-10)17-14(19)13-3-2-8-20-13/h2-9H,1H3,(H,16,18)(H,17,19). The Hall–Kier alpha value is -2.60. The Morgan fingerprint density at radius 2 is 2.05 bits per heavy atom. The van der Waals surface area contributed by atoms with Gasteiger partial charge in [-0.15, -0.1) is 11.3 Å². The fourth-order valence-electron chi connectivity index (χ4n) is 1.85. The number of hydrogen-bond acceptors (Lipinski definition) is 5. The van der Waals surface area contributed by atoms with Crippen molar-refractivity contribution in [2.75, 3.05) is 17.7 Å². The van der Waals surface area contributed by atoms with Crippen LogP contribution in [0.1, 0.15) is 10.6 Å². The van der Waals surface area contributed by atoms with E-state index in [1.54, 1.807) is 23.5 Å². The minimum absolute atomic E-state index is 0.265. The number of thiazole rings is 1. The molecule has 6 heteroatoms. The molecule has 0 saturated carbocycles. The average Bonchev–Trinajstić information content (AvgIpc) is 3.19. The fraction of sp³-hybridized carbons (Fsp3) is 0.0667. The van der Waals surface area contributed by atoms with Crippen molar-refractivity contribution in [3.8, 4) is 11.3 Å². The van der Waals surface area contributed by atoms with E-state index in [4.69, 9.17) is 4.42 Å². The Labute approximate surface area is 125 Å². The van der Waals surface area contributed by atoms with Crippen LogP contribution in [0.25, 0.3) is 11.3 Å². The number of nitrogens with zero attached hydrogens (tertiary/aromatic N) is 1. The van der Waals surface area contributed by atoms with Crippen LogP contribution in [0.5, 0.6) is 0 Å². The molecule has 5 nitrogen and oxygen atoms in total. The van der Waals surface area contributed by atoms with Gasteiger partial charge < -0.3 is 15.1 Å². The molecule has 0 bridgehead atoms. The molecule has 0 radical (unpaired) electrons. The lowest BCUT2D eigenvalue weighted by Gasteiger charge is -2.04. The number of amides is 1. The highest BCUT2D eigenvalue weighted by Crippen LogP contribution is 2.25. The normalized spacial score (nSPS) is 10.3. The molecule has 0 aliphatic carbocycles. The number of carbonyl (C=O) groups is 1. The van der Waals surface area contributed by atoms with Gasteiger partial charge in [0.2, 0.25) is 0 Å². The van der Waals surface area contributed by atoms with Crippen molar-refractivity contribution in [3.63, 3.8) is 0 Å². The summed E-state index contributed by atoms with van der Waals surface area (Å²) < 4.78 is 5.05. The van der Waals surface area contributed by atoms with E-state index in [0.29, 0.717) is 5.69 Å². The number of anilines is 2. The molecule has 0 atom stereocenters. The van der Waals surface area contributed by atoms with E-state index in [9.17, 15) is 4.79 Å². The second kappa shape index (κ2) is 5.80. The van der Waals surface area contributed by atoms with Gasteiger partial charge in [-0.05, 0) is 24.3 Å². The third-order valence-corrected chi connectivity index (χ3v) is 3.76. The zero-order chi connectivity index (χ0) is 14.7. The molecule has 0 unspecified atom stereocenters. The second-order valence-electron chi connectivity index (χ2n) is 4.30. The van der Waals surface area contributed by atoms with Crippen LogP contribution in [-0.2, 0) is 0 Å². The van der Waals surface area contributed by atoms with Crippen molar-refractivity contribution < 1.29 is 9.21 Å². The van der Waals surface area contributed by atoms with Gasteiger partial charge >= 0.3 is 0 Å². The largest absolute Gasteiger partial charge is 0.459 e. The molecule has 3 aromatic rings. The highest BCUT2D eigenvalue weighted by molar-refractivity contribution is 7.14. The molecule has 0 aliphatic rings. The van der Waals surface area contributed by atoms with Crippen molar-refractivity contribution in [1.29, 1.82) is 0 Å². The van der Waals surface area contributed by atoms with E-state index >= 15 is 0 Å². The summed E-state index contributed by atoms with van der Waals surface area (Å²) in [6.45, 7) is 0. The fourth-order valence-corrected chi connectivity index (χ4v) is 2.53. The Kier molecular flexibility index (Phi) is 3.70. The van der Waals surface area contributed by atoms with Gasteiger partial charge in [0, 0.05) is 23.7 Å². The number of aromatic nitrogens is 1. The van der Waals surface area contributed by atoms with Crippen LogP contribution in [0.2, 0.25) is 0 Å². The van der Waals surface area contributed by atoms with Crippen LogP contribution in [0.4, 0.5) is 10.8 Å². The first kappa shape index (κ1) is 13.4. The summed E-state index contributed by atoms with van der Waals surface area (Å²) in [5.41, 5.74) is 2.63. The van der Waals surface area contributed by atoms with Gasteiger partial charge in [-0.25, -0.2) is 4.98 Å². The van der Waals surface area contributed by atoms with Gasteiger partial charge in [0.15, 0.2) is 10.9 Å². The first-order valence-electron chi connectivity index (χ1n) is 6.35. The topological polar surface area (TPSA) is 67.2 Å². The van der Waals surface area contributed by atoms with Crippen molar-refractivity contribution in [2.24, 2.45) is 0 Å². The molecule has 2 aromatic heterocycles. The van der Waals surface area contributed by atoms with Gasteiger partial charge in [-0.1, -0.05) is 12.1 Å². The molecule has 0 fully saturated rings. The molecule has 3 rings (SSSR count). The summed E-state index contributed by atoms with van der Waals surface area (Å²) in [5.74, 6) is 0.0242. The maximum atomic E-state index is 11.8. The lowest BCUT2D eigenvalue weighted by Crippen LogP contribution is -2.10. The third kappa shape index (κ3) is 2.95. The number of benzene rings is 1. The van der Waals surface area contributed by atoms with Gasteiger partial charge in [0.1, 0.15) is 0 Å². The first-order chi connectivity index (χ1) is 10.3. The summed E-state index contributed by atoms with van der Waals surface area (Å²) in [6, 6.07) is 10.8. The molecular weight excluding hydrogens is 286 g/mol. The van der Waals surface area contributed by atoms with Crippen LogP contribution in [-0.4, -0.2) is 17.9 Å².